The molecule has 1 amide bonds. The summed E-state index contributed by atoms with van der Waals surface area (Å²) in [5, 5.41) is 0. The molecule has 0 unspecified atom stereocenters. The van der Waals surface area contributed by atoms with Gasteiger partial charge in [-0.3, -0.25) is 9.69 Å². The third kappa shape index (κ3) is 5.42. The van der Waals surface area contributed by atoms with Crippen LogP contribution >= 0.6 is 0 Å². The van der Waals surface area contributed by atoms with Crippen LogP contribution in [0.5, 0.6) is 0 Å². The molecule has 1 aliphatic heterocycles. The first-order valence-corrected chi connectivity index (χ1v) is 9.32. The van der Waals surface area contributed by atoms with Gasteiger partial charge < -0.3 is 4.74 Å². The predicted octanol–water partition coefficient (Wildman–Crippen LogP) is 3.89. The molecule has 150 valence electrons. The van der Waals surface area contributed by atoms with Crippen LogP contribution in [0.1, 0.15) is 40.5 Å². The molecule has 0 N–H and O–H groups in total. The van der Waals surface area contributed by atoms with E-state index in [9.17, 15) is 9.59 Å². The molecule has 5 heteroatoms. The zero-order chi connectivity index (χ0) is 20.1. The molecule has 2 atom stereocenters. The zero-order valence-corrected chi connectivity index (χ0v) is 18.1. The van der Waals surface area contributed by atoms with Gasteiger partial charge in [0.1, 0.15) is 5.54 Å². The SMILES string of the molecule is C=CC[C@@]1(CC)C(=O)O[C@H]([C]2[CH][CH][CH][CH]2)N1C(=O)C(C)(C)C.[CH]1[CH][CH][CH][CH]1.[Fe+2]. The van der Waals surface area contributed by atoms with E-state index < -0.39 is 17.2 Å². The Bertz CT molecular complexity index is 525. The zero-order valence-electron chi connectivity index (χ0n) is 17.0. The monoisotopic (exact) mass is 423 g/mol. The van der Waals surface area contributed by atoms with Crippen molar-refractivity contribution in [3.63, 3.8) is 0 Å². The number of hydrogen-bond donors (Lipinski definition) is 0. The maximum absolute atomic E-state index is 13.0. The molecule has 10 radical (unpaired) electrons. The summed E-state index contributed by atoms with van der Waals surface area (Å²) in [5.74, 6) is 0.386. The normalized spacial score (nSPS) is 27.6. The van der Waals surface area contributed by atoms with Crippen molar-refractivity contribution in [2.75, 3.05) is 0 Å². The number of rotatable bonds is 4. The summed E-state index contributed by atoms with van der Waals surface area (Å²) < 4.78 is 5.61. The number of cyclic esters (lactones) is 1. The number of amides is 1. The Balaban J connectivity index is 0.000000567. The van der Waals surface area contributed by atoms with Gasteiger partial charge in [0.25, 0.3) is 0 Å². The molecule has 4 nitrogen and oxygen atoms in total. The average molecular weight is 423 g/mol. The first-order valence-electron chi connectivity index (χ1n) is 9.32. The Morgan fingerprint density at radius 2 is 1.64 bits per heavy atom. The van der Waals surface area contributed by atoms with Crippen molar-refractivity contribution in [3.05, 3.63) is 76.4 Å². The largest absolute Gasteiger partial charge is 2.00 e. The van der Waals surface area contributed by atoms with Gasteiger partial charge >= 0.3 is 23.0 Å². The molecular weight excluding hydrogens is 394 g/mol. The topological polar surface area (TPSA) is 46.6 Å². The maximum atomic E-state index is 13.0. The van der Waals surface area contributed by atoms with Crippen molar-refractivity contribution in [3.8, 4) is 0 Å². The van der Waals surface area contributed by atoms with E-state index >= 15 is 0 Å². The quantitative estimate of drug-likeness (QED) is 0.392. The van der Waals surface area contributed by atoms with Crippen molar-refractivity contribution in [2.45, 2.75) is 52.3 Å². The molecule has 1 heterocycles. The number of carbonyl (C=O) groups is 2. The fourth-order valence-electron chi connectivity index (χ4n) is 3.22. The van der Waals surface area contributed by atoms with Crippen LogP contribution in [-0.4, -0.2) is 28.5 Å². The average Bonchev–Trinajstić information content (AvgIpc) is 3.37. The minimum atomic E-state index is -0.964. The van der Waals surface area contributed by atoms with Crippen LogP contribution < -0.4 is 0 Å². The Morgan fingerprint density at radius 3 is 2.04 bits per heavy atom. The Morgan fingerprint density at radius 1 is 1.14 bits per heavy atom. The molecule has 0 aromatic carbocycles. The second-order valence-corrected chi connectivity index (χ2v) is 7.74. The number of hydrogen-bond acceptors (Lipinski definition) is 3. The van der Waals surface area contributed by atoms with Gasteiger partial charge in [-0.2, -0.15) is 0 Å². The van der Waals surface area contributed by atoms with Crippen LogP contribution in [0, 0.1) is 69.1 Å². The number of esters is 1. The molecular formula is C23H29FeNO3+2. The van der Waals surface area contributed by atoms with Gasteiger partial charge in [-0.05, 0) is 70.6 Å². The van der Waals surface area contributed by atoms with Crippen molar-refractivity contribution < 1.29 is 31.4 Å². The van der Waals surface area contributed by atoms with Crippen LogP contribution in [0.25, 0.3) is 0 Å². The minimum Gasteiger partial charge on any atom is -0.439 e. The summed E-state index contributed by atoms with van der Waals surface area (Å²) in [7, 11) is 0. The van der Waals surface area contributed by atoms with Gasteiger partial charge in [0.2, 0.25) is 5.91 Å². The summed E-state index contributed by atoms with van der Waals surface area (Å²) >= 11 is 0. The van der Waals surface area contributed by atoms with Gasteiger partial charge in [0, 0.05) is 11.3 Å². The fourth-order valence-corrected chi connectivity index (χ4v) is 3.22. The Hall–Kier alpha value is -0.801. The van der Waals surface area contributed by atoms with E-state index in [1.807, 2.05) is 85.5 Å². The summed E-state index contributed by atoms with van der Waals surface area (Å²) in [6.07, 6.45) is 19.4. The van der Waals surface area contributed by atoms with Crippen molar-refractivity contribution >= 4 is 11.9 Å². The van der Waals surface area contributed by atoms with E-state index in [0.29, 0.717) is 12.8 Å². The van der Waals surface area contributed by atoms with Gasteiger partial charge in [0.05, 0.1) is 0 Å². The molecule has 3 fully saturated rings. The summed E-state index contributed by atoms with van der Waals surface area (Å²) in [6, 6.07) is 0. The molecule has 0 bridgehead atoms. The molecule has 0 spiro atoms. The summed E-state index contributed by atoms with van der Waals surface area (Å²) in [6.45, 7) is 11.2. The fraction of sp³-hybridized carbons (Fsp3) is 0.391. The third-order valence-corrected chi connectivity index (χ3v) is 4.75. The van der Waals surface area contributed by atoms with E-state index in [0.717, 1.165) is 5.92 Å². The van der Waals surface area contributed by atoms with Crippen LogP contribution in [0.2, 0.25) is 0 Å². The van der Waals surface area contributed by atoms with Gasteiger partial charge in [-0.1, -0.05) is 33.8 Å². The standard InChI is InChI=1S/C18H24NO3.C5H5.Fe/c1-6-12-18(7-2)16(21)22-14(13-10-8-9-11-13)19(18)15(20)17(3,4)5;1-2-4-5-3-1;/h6,8-11,14H,1,7,12H2,2-5H3;1-5H;/q;;+2/t14-,18+;;/m1../s1. The first-order chi connectivity index (χ1) is 12.8. The molecule has 1 saturated heterocycles. The van der Waals surface area contributed by atoms with Crippen molar-refractivity contribution in [2.24, 2.45) is 5.41 Å². The second-order valence-electron chi connectivity index (χ2n) is 7.74. The smallest absolute Gasteiger partial charge is 0.439 e. The van der Waals surface area contributed by atoms with Crippen LogP contribution in [0.3, 0.4) is 0 Å². The van der Waals surface area contributed by atoms with E-state index in [1.165, 1.54) is 0 Å². The van der Waals surface area contributed by atoms with Crippen molar-refractivity contribution in [1.82, 2.24) is 4.90 Å². The number of nitrogens with zero attached hydrogens (tertiary/aromatic N) is 1. The molecule has 2 saturated carbocycles. The second kappa shape index (κ2) is 10.8. The molecule has 3 aliphatic rings. The summed E-state index contributed by atoms with van der Waals surface area (Å²) in [4.78, 5) is 27.3. The molecule has 3 rings (SSSR count). The van der Waals surface area contributed by atoms with Crippen LogP contribution in [0.4, 0.5) is 0 Å². The predicted molar refractivity (Wildman–Crippen MR) is 106 cm³/mol. The number of carbonyl (C=O) groups excluding carboxylic acids is 2. The van der Waals surface area contributed by atoms with Crippen molar-refractivity contribution in [1.29, 1.82) is 0 Å². The molecule has 0 aromatic heterocycles. The molecule has 0 aromatic rings. The van der Waals surface area contributed by atoms with Gasteiger partial charge in [0.15, 0.2) is 6.23 Å². The van der Waals surface area contributed by atoms with Gasteiger partial charge in [-0.15, -0.1) is 6.58 Å². The minimum absolute atomic E-state index is 0. The number of ether oxygens (including phenoxy) is 1. The van der Waals surface area contributed by atoms with E-state index in [2.05, 4.69) is 6.58 Å². The third-order valence-electron chi connectivity index (χ3n) is 4.75. The summed E-state index contributed by atoms with van der Waals surface area (Å²) in [5.41, 5.74) is -1.56. The Kier molecular flexibility index (Phi) is 9.76. The van der Waals surface area contributed by atoms with E-state index in [4.69, 9.17) is 4.74 Å². The Labute approximate surface area is 182 Å². The maximum Gasteiger partial charge on any atom is 2.00 e. The van der Waals surface area contributed by atoms with E-state index in [1.54, 1.807) is 11.0 Å². The van der Waals surface area contributed by atoms with Crippen LogP contribution in [0.15, 0.2) is 12.7 Å². The molecule has 28 heavy (non-hydrogen) atoms. The van der Waals surface area contributed by atoms with Gasteiger partial charge in [-0.25, -0.2) is 4.79 Å². The van der Waals surface area contributed by atoms with E-state index in [-0.39, 0.29) is 28.9 Å². The molecule has 2 aliphatic carbocycles. The van der Waals surface area contributed by atoms with Crippen LogP contribution in [-0.2, 0) is 31.4 Å². The first kappa shape index (κ1) is 25.2.